The molecule has 20 heavy (non-hydrogen) atoms. The monoisotopic (exact) mass is 281 g/mol. The van der Waals surface area contributed by atoms with Gasteiger partial charge in [0.25, 0.3) is 0 Å². The van der Waals surface area contributed by atoms with Crippen LogP contribution in [0.2, 0.25) is 0 Å². The van der Waals surface area contributed by atoms with E-state index in [2.05, 4.69) is 5.32 Å². The van der Waals surface area contributed by atoms with Gasteiger partial charge in [0.2, 0.25) is 5.91 Å². The molecule has 0 bridgehead atoms. The fraction of sp³-hybridized carbons (Fsp3) is 0.500. The Bertz CT molecular complexity index is 426. The van der Waals surface area contributed by atoms with Gasteiger partial charge in [-0.15, -0.1) is 0 Å². The third-order valence-corrected chi connectivity index (χ3v) is 2.79. The lowest BCUT2D eigenvalue weighted by molar-refractivity contribution is -0.121. The molecule has 1 aromatic rings. The van der Waals surface area contributed by atoms with Crippen molar-refractivity contribution in [2.45, 2.75) is 12.6 Å². The number of nitrogens with one attached hydrogen (secondary N) is 1. The number of nitrogens with zero attached hydrogens (tertiary/aromatic N) is 1. The van der Waals surface area contributed by atoms with E-state index in [0.717, 1.165) is 5.56 Å². The molecule has 4 N–H and O–H groups in total. The van der Waals surface area contributed by atoms with Crippen LogP contribution in [0.5, 0.6) is 5.75 Å². The molecule has 6 heteroatoms. The fourth-order valence-corrected chi connectivity index (χ4v) is 1.76. The van der Waals surface area contributed by atoms with Gasteiger partial charge in [0.1, 0.15) is 18.5 Å². The number of carbonyl (C=O) groups is 1. The van der Waals surface area contributed by atoms with Crippen LogP contribution in [0.3, 0.4) is 0 Å². The maximum absolute atomic E-state index is 11.2. The van der Waals surface area contributed by atoms with Crippen molar-refractivity contribution >= 4 is 5.91 Å². The molecular weight excluding hydrogens is 258 g/mol. The fourth-order valence-electron chi connectivity index (χ4n) is 1.76. The van der Waals surface area contributed by atoms with E-state index in [4.69, 9.17) is 10.5 Å². The van der Waals surface area contributed by atoms with Crippen LogP contribution < -0.4 is 15.8 Å². The SMILES string of the molecule is CNC(=O)CN(C)CC(O)COc1cccc(CN)c1. The quantitative estimate of drug-likeness (QED) is 0.601. The normalized spacial score (nSPS) is 12.2. The Morgan fingerprint density at radius 2 is 2.30 bits per heavy atom. The van der Waals surface area contributed by atoms with E-state index in [1.807, 2.05) is 24.3 Å². The predicted octanol–water partition coefficient (Wildman–Crippen LogP) is -0.437. The first kappa shape index (κ1) is 16.4. The molecule has 1 unspecified atom stereocenters. The number of aliphatic hydroxyl groups is 1. The summed E-state index contributed by atoms with van der Waals surface area (Å²) < 4.78 is 5.51. The number of rotatable bonds is 8. The molecule has 0 fully saturated rings. The van der Waals surface area contributed by atoms with Crippen molar-refractivity contribution in [2.24, 2.45) is 5.73 Å². The van der Waals surface area contributed by atoms with Crippen molar-refractivity contribution in [1.29, 1.82) is 0 Å². The van der Waals surface area contributed by atoms with Gasteiger partial charge in [0.05, 0.1) is 6.54 Å². The van der Waals surface area contributed by atoms with E-state index in [1.165, 1.54) is 0 Å². The first-order valence-corrected chi connectivity index (χ1v) is 6.54. The molecule has 1 aromatic carbocycles. The van der Waals surface area contributed by atoms with Crippen LogP contribution in [0.4, 0.5) is 0 Å². The van der Waals surface area contributed by atoms with Crippen molar-refractivity contribution < 1.29 is 14.6 Å². The second kappa shape index (κ2) is 8.52. The minimum absolute atomic E-state index is 0.0868. The third kappa shape index (κ3) is 6.01. The van der Waals surface area contributed by atoms with Crippen molar-refractivity contribution in [2.75, 3.05) is 33.8 Å². The molecule has 6 nitrogen and oxygen atoms in total. The first-order chi connectivity index (χ1) is 9.55. The minimum Gasteiger partial charge on any atom is -0.491 e. The molecule has 0 aliphatic heterocycles. The van der Waals surface area contributed by atoms with Crippen LogP contribution in [0.1, 0.15) is 5.56 Å². The van der Waals surface area contributed by atoms with E-state index in [0.29, 0.717) is 18.8 Å². The zero-order valence-corrected chi connectivity index (χ0v) is 12.0. The van der Waals surface area contributed by atoms with E-state index < -0.39 is 6.10 Å². The number of amides is 1. The summed E-state index contributed by atoms with van der Waals surface area (Å²) in [5.74, 6) is 0.595. The minimum atomic E-state index is -0.661. The highest BCUT2D eigenvalue weighted by Crippen LogP contribution is 2.13. The molecule has 1 amide bonds. The highest BCUT2D eigenvalue weighted by Gasteiger charge is 2.11. The average molecular weight is 281 g/mol. The molecule has 1 rings (SSSR count). The zero-order chi connectivity index (χ0) is 15.0. The van der Waals surface area contributed by atoms with E-state index in [1.54, 1.807) is 19.0 Å². The topological polar surface area (TPSA) is 87.8 Å². The van der Waals surface area contributed by atoms with E-state index in [9.17, 15) is 9.90 Å². The Morgan fingerprint density at radius 3 is 2.95 bits per heavy atom. The number of benzene rings is 1. The maximum Gasteiger partial charge on any atom is 0.233 e. The van der Waals surface area contributed by atoms with Gasteiger partial charge in [0, 0.05) is 20.1 Å². The highest BCUT2D eigenvalue weighted by molar-refractivity contribution is 5.77. The van der Waals surface area contributed by atoms with Gasteiger partial charge in [-0.3, -0.25) is 9.69 Å². The van der Waals surface area contributed by atoms with Crippen molar-refractivity contribution in [3.05, 3.63) is 29.8 Å². The molecular formula is C14H23N3O3. The lowest BCUT2D eigenvalue weighted by Gasteiger charge is -2.20. The Labute approximate surface area is 119 Å². The first-order valence-electron chi connectivity index (χ1n) is 6.54. The van der Waals surface area contributed by atoms with Gasteiger partial charge in [0.15, 0.2) is 0 Å². The third-order valence-electron chi connectivity index (χ3n) is 2.79. The molecule has 0 aromatic heterocycles. The Kier molecular flexibility index (Phi) is 7.00. The van der Waals surface area contributed by atoms with Crippen LogP contribution in [0, 0.1) is 0 Å². The second-order valence-electron chi connectivity index (χ2n) is 4.69. The van der Waals surface area contributed by atoms with Gasteiger partial charge in [-0.2, -0.15) is 0 Å². The number of likely N-dealkylation sites (N-methyl/N-ethyl adjacent to an activating group) is 2. The molecule has 0 aliphatic carbocycles. The molecule has 1 atom stereocenters. The van der Waals surface area contributed by atoms with E-state index in [-0.39, 0.29) is 19.1 Å². The smallest absolute Gasteiger partial charge is 0.233 e. The Hall–Kier alpha value is -1.63. The van der Waals surface area contributed by atoms with Gasteiger partial charge in [-0.05, 0) is 24.7 Å². The summed E-state index contributed by atoms with van der Waals surface area (Å²) >= 11 is 0. The number of ether oxygens (including phenoxy) is 1. The molecule has 0 radical (unpaired) electrons. The lowest BCUT2D eigenvalue weighted by atomic mass is 10.2. The van der Waals surface area contributed by atoms with E-state index >= 15 is 0 Å². The lowest BCUT2D eigenvalue weighted by Crippen LogP contribution is -2.39. The standard InChI is InChI=1S/C14H23N3O3/c1-16-14(19)9-17(2)8-12(18)10-20-13-5-3-4-11(6-13)7-15/h3-6,12,18H,7-10,15H2,1-2H3,(H,16,19). The molecule has 0 saturated heterocycles. The summed E-state index contributed by atoms with van der Waals surface area (Å²) in [6.07, 6.45) is -0.661. The molecule has 0 saturated carbocycles. The van der Waals surface area contributed by atoms with Crippen molar-refractivity contribution in [3.8, 4) is 5.75 Å². The number of carbonyl (C=O) groups excluding carboxylic acids is 1. The van der Waals surface area contributed by atoms with Crippen LogP contribution in [-0.4, -0.2) is 55.8 Å². The zero-order valence-electron chi connectivity index (χ0n) is 12.0. The van der Waals surface area contributed by atoms with Gasteiger partial charge < -0.3 is 20.9 Å². The van der Waals surface area contributed by atoms with Crippen LogP contribution >= 0.6 is 0 Å². The largest absolute Gasteiger partial charge is 0.491 e. The van der Waals surface area contributed by atoms with Crippen LogP contribution in [0.25, 0.3) is 0 Å². The van der Waals surface area contributed by atoms with Crippen molar-refractivity contribution in [1.82, 2.24) is 10.2 Å². The maximum atomic E-state index is 11.2. The van der Waals surface area contributed by atoms with Crippen LogP contribution in [0.15, 0.2) is 24.3 Å². The Balaban J connectivity index is 2.35. The summed E-state index contributed by atoms with van der Waals surface area (Å²) in [6.45, 7) is 1.24. The summed E-state index contributed by atoms with van der Waals surface area (Å²) in [4.78, 5) is 12.9. The van der Waals surface area contributed by atoms with Gasteiger partial charge >= 0.3 is 0 Å². The summed E-state index contributed by atoms with van der Waals surface area (Å²) in [7, 11) is 3.35. The Morgan fingerprint density at radius 1 is 1.55 bits per heavy atom. The molecule has 0 aliphatic rings. The summed E-state index contributed by atoms with van der Waals surface area (Å²) in [5, 5.41) is 12.4. The number of hydrogen-bond donors (Lipinski definition) is 3. The highest BCUT2D eigenvalue weighted by atomic mass is 16.5. The predicted molar refractivity (Wildman–Crippen MR) is 77.4 cm³/mol. The summed E-state index contributed by atoms with van der Waals surface area (Å²) in [5.41, 5.74) is 6.53. The number of aliphatic hydroxyl groups excluding tert-OH is 1. The van der Waals surface area contributed by atoms with Gasteiger partial charge in [-0.1, -0.05) is 12.1 Å². The average Bonchev–Trinajstić information content (AvgIpc) is 2.45. The molecule has 0 spiro atoms. The van der Waals surface area contributed by atoms with Crippen LogP contribution in [-0.2, 0) is 11.3 Å². The number of nitrogens with two attached hydrogens (primary N) is 1. The summed E-state index contributed by atoms with van der Waals surface area (Å²) in [6, 6.07) is 7.45. The van der Waals surface area contributed by atoms with Crippen molar-refractivity contribution in [3.63, 3.8) is 0 Å². The molecule has 112 valence electrons. The number of hydrogen-bond acceptors (Lipinski definition) is 5. The molecule has 0 heterocycles. The van der Waals surface area contributed by atoms with Gasteiger partial charge in [-0.25, -0.2) is 0 Å². The second-order valence-corrected chi connectivity index (χ2v) is 4.69.